The van der Waals surface area contributed by atoms with Crippen molar-refractivity contribution in [3.8, 4) is 0 Å². The predicted octanol–water partition coefficient (Wildman–Crippen LogP) is 2.30. The van der Waals surface area contributed by atoms with Gasteiger partial charge in [0.2, 0.25) is 5.91 Å². The normalized spacial score (nSPS) is 12.1. The Bertz CT molecular complexity index is 666. The summed E-state index contributed by atoms with van der Waals surface area (Å²) in [7, 11) is 1.61. The smallest absolute Gasteiger partial charge is 0.230 e. The lowest BCUT2D eigenvalue weighted by molar-refractivity contribution is -0.119. The van der Waals surface area contributed by atoms with Gasteiger partial charge in [0.25, 0.3) is 0 Å². The number of hydrogen-bond donors (Lipinski definition) is 2. The minimum atomic E-state index is -0.0543. The molecule has 0 radical (unpaired) electrons. The molecule has 0 aliphatic heterocycles. The Labute approximate surface area is 140 Å². The zero-order valence-electron chi connectivity index (χ0n) is 13.6. The molecule has 124 valence electrons. The summed E-state index contributed by atoms with van der Waals surface area (Å²) < 4.78 is 5.00. The number of carbonyl (C=O) groups excluding carboxylic acids is 1. The first-order valence-electron chi connectivity index (χ1n) is 7.55. The van der Waals surface area contributed by atoms with Gasteiger partial charge in [0.05, 0.1) is 17.9 Å². The standard InChI is InChI=1S/C16H22N4O2S/c1-4-17-15-12-7-5-6-8-13(12)19-16(20-15)23-10-14(21)18-11(2)9-22-3/h5-8,11H,4,9-10H2,1-3H3,(H,18,21)(H,17,19,20)/t11-/m0/s1. The lowest BCUT2D eigenvalue weighted by atomic mass is 10.2. The van der Waals surface area contributed by atoms with Gasteiger partial charge >= 0.3 is 0 Å². The van der Waals surface area contributed by atoms with E-state index in [0.717, 1.165) is 23.3 Å². The molecule has 0 saturated heterocycles. The summed E-state index contributed by atoms with van der Waals surface area (Å²) in [4.78, 5) is 20.9. The van der Waals surface area contributed by atoms with Crippen LogP contribution in [0.4, 0.5) is 5.82 Å². The van der Waals surface area contributed by atoms with E-state index in [1.165, 1.54) is 11.8 Å². The first-order chi connectivity index (χ1) is 11.1. The number of nitrogens with one attached hydrogen (secondary N) is 2. The summed E-state index contributed by atoms with van der Waals surface area (Å²) in [6.45, 7) is 5.20. The quantitative estimate of drug-likeness (QED) is 0.570. The van der Waals surface area contributed by atoms with Gasteiger partial charge in [-0.2, -0.15) is 0 Å². The van der Waals surface area contributed by atoms with Gasteiger partial charge in [0.1, 0.15) is 5.82 Å². The fourth-order valence-electron chi connectivity index (χ4n) is 2.16. The molecular weight excluding hydrogens is 312 g/mol. The number of benzene rings is 1. The predicted molar refractivity (Wildman–Crippen MR) is 93.9 cm³/mol. The number of ether oxygens (including phenoxy) is 1. The number of anilines is 1. The van der Waals surface area contributed by atoms with Crippen LogP contribution in [0.25, 0.3) is 10.9 Å². The third-order valence-electron chi connectivity index (χ3n) is 3.08. The maximum Gasteiger partial charge on any atom is 0.230 e. The van der Waals surface area contributed by atoms with Crippen LogP contribution in [0.2, 0.25) is 0 Å². The Kier molecular flexibility index (Phi) is 6.61. The summed E-state index contributed by atoms with van der Waals surface area (Å²) in [5.74, 6) is 1.02. The van der Waals surface area contributed by atoms with Crippen molar-refractivity contribution >= 4 is 34.4 Å². The molecule has 2 rings (SSSR count). The molecule has 0 spiro atoms. The van der Waals surface area contributed by atoms with Gasteiger partial charge in [-0.25, -0.2) is 9.97 Å². The van der Waals surface area contributed by atoms with Crippen LogP contribution in [0.5, 0.6) is 0 Å². The second-order valence-corrected chi connectivity index (χ2v) is 6.06. The molecule has 1 aromatic carbocycles. The Morgan fingerprint density at radius 3 is 2.87 bits per heavy atom. The zero-order valence-corrected chi connectivity index (χ0v) is 14.4. The van der Waals surface area contributed by atoms with Gasteiger partial charge in [-0.1, -0.05) is 23.9 Å². The minimum absolute atomic E-state index is 0.0112. The summed E-state index contributed by atoms with van der Waals surface area (Å²) >= 11 is 1.33. The molecule has 1 heterocycles. The van der Waals surface area contributed by atoms with Crippen LogP contribution in [0.1, 0.15) is 13.8 Å². The minimum Gasteiger partial charge on any atom is -0.383 e. The van der Waals surface area contributed by atoms with Crippen molar-refractivity contribution in [2.75, 3.05) is 31.3 Å². The molecule has 1 amide bonds. The molecule has 2 aromatic rings. The van der Waals surface area contributed by atoms with Crippen molar-refractivity contribution in [3.63, 3.8) is 0 Å². The van der Waals surface area contributed by atoms with Gasteiger partial charge in [-0.15, -0.1) is 0 Å². The highest BCUT2D eigenvalue weighted by Gasteiger charge is 2.11. The van der Waals surface area contributed by atoms with E-state index in [-0.39, 0.29) is 17.7 Å². The number of methoxy groups -OCH3 is 1. The maximum atomic E-state index is 11.9. The summed E-state index contributed by atoms with van der Waals surface area (Å²) in [6.07, 6.45) is 0. The number of nitrogens with zero attached hydrogens (tertiary/aromatic N) is 2. The molecule has 1 aromatic heterocycles. The van der Waals surface area contributed by atoms with Crippen molar-refractivity contribution in [1.29, 1.82) is 0 Å². The molecule has 2 N–H and O–H groups in total. The lowest BCUT2D eigenvalue weighted by Crippen LogP contribution is -2.36. The molecule has 0 aliphatic carbocycles. The number of carbonyl (C=O) groups is 1. The van der Waals surface area contributed by atoms with E-state index in [1.54, 1.807) is 7.11 Å². The SMILES string of the molecule is CCNc1nc(SCC(=O)N[C@@H](C)COC)nc2ccccc12. The van der Waals surface area contributed by atoms with Crippen LogP contribution in [0.3, 0.4) is 0 Å². The second-order valence-electron chi connectivity index (χ2n) is 5.11. The molecule has 0 aliphatic rings. The second kappa shape index (κ2) is 8.69. The molecule has 1 atom stereocenters. The van der Waals surface area contributed by atoms with E-state index < -0.39 is 0 Å². The fraction of sp³-hybridized carbons (Fsp3) is 0.438. The molecule has 0 bridgehead atoms. The molecule has 23 heavy (non-hydrogen) atoms. The topological polar surface area (TPSA) is 76.1 Å². The van der Waals surface area contributed by atoms with E-state index in [2.05, 4.69) is 20.6 Å². The van der Waals surface area contributed by atoms with Gasteiger partial charge in [0, 0.05) is 25.1 Å². The molecule has 0 fully saturated rings. The third-order valence-corrected chi connectivity index (χ3v) is 3.93. The molecular formula is C16H22N4O2S. The lowest BCUT2D eigenvalue weighted by Gasteiger charge is -2.12. The number of fused-ring (bicyclic) bond motifs is 1. The summed E-state index contributed by atoms with van der Waals surface area (Å²) in [5.41, 5.74) is 0.870. The Morgan fingerprint density at radius 1 is 1.35 bits per heavy atom. The van der Waals surface area contributed by atoms with Crippen molar-refractivity contribution in [1.82, 2.24) is 15.3 Å². The number of rotatable bonds is 8. The molecule has 0 saturated carbocycles. The van der Waals surface area contributed by atoms with Crippen molar-refractivity contribution in [2.45, 2.75) is 25.0 Å². The third kappa shape index (κ3) is 5.07. The highest BCUT2D eigenvalue weighted by atomic mass is 32.2. The number of aromatic nitrogens is 2. The van der Waals surface area contributed by atoms with Crippen LogP contribution in [-0.4, -0.2) is 47.9 Å². The van der Waals surface area contributed by atoms with Gasteiger partial charge in [0.15, 0.2) is 5.16 Å². The van der Waals surface area contributed by atoms with Crippen LogP contribution < -0.4 is 10.6 Å². The van der Waals surface area contributed by atoms with E-state index in [4.69, 9.17) is 4.74 Å². The summed E-state index contributed by atoms with van der Waals surface area (Å²) in [5, 5.41) is 7.69. The van der Waals surface area contributed by atoms with Crippen molar-refractivity contribution in [3.05, 3.63) is 24.3 Å². The van der Waals surface area contributed by atoms with Crippen molar-refractivity contribution in [2.24, 2.45) is 0 Å². The number of amides is 1. The number of thioether (sulfide) groups is 1. The van der Waals surface area contributed by atoms with Crippen LogP contribution >= 0.6 is 11.8 Å². The Hall–Kier alpha value is -1.86. The van der Waals surface area contributed by atoms with Gasteiger partial charge in [-0.3, -0.25) is 4.79 Å². The van der Waals surface area contributed by atoms with Crippen LogP contribution in [0.15, 0.2) is 29.4 Å². The van der Waals surface area contributed by atoms with E-state index in [9.17, 15) is 4.79 Å². The average Bonchev–Trinajstić information content (AvgIpc) is 2.53. The highest BCUT2D eigenvalue weighted by Crippen LogP contribution is 2.24. The zero-order chi connectivity index (χ0) is 16.7. The van der Waals surface area contributed by atoms with E-state index >= 15 is 0 Å². The molecule has 7 heteroatoms. The first-order valence-corrected chi connectivity index (χ1v) is 8.54. The molecule has 0 unspecified atom stereocenters. The number of para-hydroxylation sites is 1. The Morgan fingerprint density at radius 2 is 2.13 bits per heavy atom. The Balaban J connectivity index is 2.06. The maximum absolute atomic E-state index is 11.9. The average molecular weight is 334 g/mol. The van der Waals surface area contributed by atoms with E-state index in [0.29, 0.717) is 11.8 Å². The van der Waals surface area contributed by atoms with Gasteiger partial charge < -0.3 is 15.4 Å². The monoisotopic (exact) mass is 334 g/mol. The number of hydrogen-bond acceptors (Lipinski definition) is 6. The largest absolute Gasteiger partial charge is 0.383 e. The fourth-order valence-corrected chi connectivity index (χ4v) is 2.82. The first kappa shape index (κ1) is 17.5. The summed E-state index contributed by atoms with van der Waals surface area (Å²) in [6, 6.07) is 7.83. The van der Waals surface area contributed by atoms with Gasteiger partial charge in [-0.05, 0) is 26.0 Å². The van der Waals surface area contributed by atoms with E-state index in [1.807, 2.05) is 38.1 Å². The molecule has 6 nitrogen and oxygen atoms in total. The highest BCUT2D eigenvalue weighted by molar-refractivity contribution is 7.99. The van der Waals surface area contributed by atoms with Crippen LogP contribution in [0, 0.1) is 0 Å². The van der Waals surface area contributed by atoms with Crippen LogP contribution in [-0.2, 0) is 9.53 Å². The van der Waals surface area contributed by atoms with Crippen molar-refractivity contribution < 1.29 is 9.53 Å².